The van der Waals surface area contributed by atoms with E-state index in [1.807, 2.05) is 62.4 Å². The molecule has 0 spiro atoms. The molecule has 6 nitrogen and oxygen atoms in total. The van der Waals surface area contributed by atoms with Crippen LogP contribution < -0.4 is 10.2 Å². The number of imide groups is 1. The predicted molar refractivity (Wildman–Crippen MR) is 148 cm³/mol. The number of hydrogen-bond donors (Lipinski definition) is 1. The first-order valence-corrected chi connectivity index (χ1v) is 13.1. The standard InChI is InChI=1S/C30H30N2O4S/c1-5-18-36-30(35)24-8-6-7-9-25(24)32-28(33)26(31-22-14-12-21(13-15-22)19(2)3)27(29(32)34)37-23-16-10-20(4)11-17-23/h6-17,19,31H,5,18H2,1-4H3. The molecular weight excluding hydrogens is 484 g/mol. The third-order valence-electron chi connectivity index (χ3n) is 5.93. The first kappa shape index (κ1) is 26.2. The zero-order valence-electron chi connectivity index (χ0n) is 21.4. The smallest absolute Gasteiger partial charge is 0.340 e. The number of anilines is 2. The number of para-hydroxylation sites is 1. The van der Waals surface area contributed by atoms with Crippen LogP contribution in [0, 0.1) is 6.92 Å². The predicted octanol–water partition coefficient (Wildman–Crippen LogP) is 6.67. The maximum Gasteiger partial charge on any atom is 0.340 e. The van der Waals surface area contributed by atoms with Gasteiger partial charge in [-0.1, -0.05) is 74.5 Å². The van der Waals surface area contributed by atoms with E-state index in [2.05, 4.69) is 19.2 Å². The summed E-state index contributed by atoms with van der Waals surface area (Å²) in [5.74, 6) is -1.22. The minimum Gasteiger partial charge on any atom is -0.462 e. The van der Waals surface area contributed by atoms with Gasteiger partial charge in [-0.25, -0.2) is 9.69 Å². The lowest BCUT2D eigenvalue weighted by Gasteiger charge is -2.18. The molecule has 0 unspecified atom stereocenters. The van der Waals surface area contributed by atoms with Gasteiger partial charge in [0.15, 0.2) is 0 Å². The van der Waals surface area contributed by atoms with Crippen LogP contribution in [0.4, 0.5) is 11.4 Å². The summed E-state index contributed by atoms with van der Waals surface area (Å²) >= 11 is 1.22. The summed E-state index contributed by atoms with van der Waals surface area (Å²) in [6.07, 6.45) is 0.665. The number of esters is 1. The van der Waals surface area contributed by atoms with Gasteiger partial charge in [-0.2, -0.15) is 0 Å². The van der Waals surface area contributed by atoms with Gasteiger partial charge in [-0.3, -0.25) is 9.59 Å². The van der Waals surface area contributed by atoms with Gasteiger partial charge in [0.2, 0.25) is 0 Å². The molecule has 190 valence electrons. The highest BCUT2D eigenvalue weighted by molar-refractivity contribution is 8.04. The number of rotatable bonds is 9. The number of hydrogen-bond acceptors (Lipinski definition) is 6. The second-order valence-corrected chi connectivity index (χ2v) is 10.2. The molecule has 0 aromatic heterocycles. The summed E-state index contributed by atoms with van der Waals surface area (Å²) in [5, 5.41) is 3.18. The summed E-state index contributed by atoms with van der Waals surface area (Å²) < 4.78 is 5.31. The number of nitrogens with one attached hydrogen (secondary N) is 1. The number of carbonyl (C=O) groups is 3. The molecule has 37 heavy (non-hydrogen) atoms. The number of carbonyl (C=O) groups excluding carboxylic acids is 3. The molecule has 1 aliphatic heterocycles. The zero-order valence-corrected chi connectivity index (χ0v) is 22.2. The first-order chi connectivity index (χ1) is 17.8. The average molecular weight is 515 g/mol. The SMILES string of the molecule is CCCOC(=O)c1ccccc1N1C(=O)C(Nc2ccc(C(C)C)cc2)=C(Sc2ccc(C)cc2)C1=O. The Hall–Kier alpha value is -3.84. The van der Waals surface area contributed by atoms with Crippen LogP contribution in [-0.2, 0) is 14.3 Å². The van der Waals surface area contributed by atoms with Crippen molar-refractivity contribution in [1.82, 2.24) is 0 Å². The van der Waals surface area contributed by atoms with E-state index in [1.165, 1.54) is 17.3 Å². The lowest BCUT2D eigenvalue weighted by Crippen LogP contribution is -2.33. The van der Waals surface area contributed by atoms with E-state index in [0.29, 0.717) is 18.0 Å². The molecule has 0 saturated carbocycles. The molecule has 0 fully saturated rings. The molecule has 1 heterocycles. The molecule has 1 N–H and O–H groups in total. The second kappa shape index (κ2) is 11.5. The van der Waals surface area contributed by atoms with Crippen molar-refractivity contribution in [3.8, 4) is 0 Å². The van der Waals surface area contributed by atoms with Gasteiger partial charge in [0.1, 0.15) is 10.6 Å². The molecule has 1 aliphatic rings. The van der Waals surface area contributed by atoms with Crippen LogP contribution in [-0.4, -0.2) is 24.4 Å². The zero-order chi connectivity index (χ0) is 26.5. The molecular formula is C30H30N2O4S. The highest BCUT2D eigenvalue weighted by Crippen LogP contribution is 2.39. The van der Waals surface area contributed by atoms with Crippen molar-refractivity contribution < 1.29 is 19.1 Å². The lowest BCUT2D eigenvalue weighted by molar-refractivity contribution is -0.120. The van der Waals surface area contributed by atoms with E-state index in [1.54, 1.807) is 24.3 Å². The van der Waals surface area contributed by atoms with E-state index >= 15 is 0 Å². The average Bonchev–Trinajstić information content (AvgIpc) is 3.12. The molecule has 7 heteroatoms. The normalized spacial score (nSPS) is 13.5. The maximum absolute atomic E-state index is 13.8. The van der Waals surface area contributed by atoms with Gasteiger partial charge in [-0.15, -0.1) is 0 Å². The summed E-state index contributed by atoms with van der Waals surface area (Å²) in [6.45, 7) is 8.36. The van der Waals surface area contributed by atoms with Crippen LogP contribution in [0.1, 0.15) is 54.6 Å². The third kappa shape index (κ3) is 5.78. The fraction of sp³-hybridized carbons (Fsp3) is 0.233. The van der Waals surface area contributed by atoms with Crippen LogP contribution in [0.2, 0.25) is 0 Å². The van der Waals surface area contributed by atoms with Gasteiger partial charge in [0.05, 0.1) is 17.9 Å². The molecule has 0 aliphatic carbocycles. The number of aryl methyl sites for hydroxylation is 1. The minimum atomic E-state index is -0.573. The Morgan fingerprint density at radius 1 is 0.946 bits per heavy atom. The molecule has 0 bridgehead atoms. The van der Waals surface area contributed by atoms with Crippen LogP contribution in [0.5, 0.6) is 0 Å². The fourth-order valence-corrected chi connectivity index (χ4v) is 4.79. The largest absolute Gasteiger partial charge is 0.462 e. The van der Waals surface area contributed by atoms with Gasteiger partial charge in [-0.05, 0) is 61.2 Å². The van der Waals surface area contributed by atoms with Crippen molar-refractivity contribution >= 4 is 40.9 Å². The Morgan fingerprint density at radius 3 is 2.27 bits per heavy atom. The van der Waals surface area contributed by atoms with Crippen LogP contribution in [0.25, 0.3) is 0 Å². The number of amides is 2. The fourth-order valence-electron chi connectivity index (χ4n) is 3.87. The van der Waals surface area contributed by atoms with Crippen molar-refractivity contribution in [3.05, 3.63) is 100 Å². The quantitative estimate of drug-likeness (QED) is 0.254. The van der Waals surface area contributed by atoms with Crippen molar-refractivity contribution in [2.45, 2.75) is 44.9 Å². The van der Waals surface area contributed by atoms with E-state index < -0.39 is 17.8 Å². The second-order valence-electron chi connectivity index (χ2n) is 9.12. The molecule has 3 aromatic carbocycles. The Balaban J connectivity index is 1.73. The lowest BCUT2D eigenvalue weighted by atomic mass is 10.0. The van der Waals surface area contributed by atoms with E-state index in [-0.39, 0.29) is 28.5 Å². The number of ether oxygens (including phenoxy) is 1. The summed E-state index contributed by atoms with van der Waals surface area (Å²) in [7, 11) is 0. The Morgan fingerprint density at radius 2 is 1.62 bits per heavy atom. The molecule has 2 amide bonds. The van der Waals surface area contributed by atoms with Crippen LogP contribution >= 0.6 is 11.8 Å². The number of thioether (sulfide) groups is 1. The van der Waals surface area contributed by atoms with Crippen LogP contribution in [0.15, 0.2) is 88.3 Å². The van der Waals surface area contributed by atoms with E-state index in [9.17, 15) is 14.4 Å². The first-order valence-electron chi connectivity index (χ1n) is 12.3. The van der Waals surface area contributed by atoms with E-state index in [4.69, 9.17) is 4.74 Å². The van der Waals surface area contributed by atoms with Crippen LogP contribution in [0.3, 0.4) is 0 Å². The van der Waals surface area contributed by atoms with Gasteiger partial charge in [0, 0.05) is 10.6 Å². The summed E-state index contributed by atoms with van der Waals surface area (Å²) in [5.41, 5.74) is 3.50. The molecule has 4 rings (SSSR count). The van der Waals surface area contributed by atoms with Gasteiger partial charge in [0.25, 0.3) is 11.8 Å². The van der Waals surface area contributed by atoms with Crippen molar-refractivity contribution in [2.75, 3.05) is 16.8 Å². The topological polar surface area (TPSA) is 75.7 Å². The minimum absolute atomic E-state index is 0.167. The Kier molecular flexibility index (Phi) is 8.14. The number of benzene rings is 3. The monoisotopic (exact) mass is 514 g/mol. The Bertz CT molecular complexity index is 1340. The number of nitrogens with zero attached hydrogens (tertiary/aromatic N) is 1. The van der Waals surface area contributed by atoms with Crippen molar-refractivity contribution in [2.24, 2.45) is 0 Å². The molecule has 0 radical (unpaired) electrons. The summed E-state index contributed by atoms with van der Waals surface area (Å²) in [4.78, 5) is 42.4. The molecule has 0 saturated heterocycles. The highest BCUT2D eigenvalue weighted by Gasteiger charge is 2.41. The van der Waals surface area contributed by atoms with Gasteiger partial charge >= 0.3 is 5.97 Å². The van der Waals surface area contributed by atoms with E-state index in [0.717, 1.165) is 15.4 Å². The van der Waals surface area contributed by atoms with Gasteiger partial charge < -0.3 is 10.1 Å². The van der Waals surface area contributed by atoms with Crippen molar-refractivity contribution in [1.29, 1.82) is 0 Å². The molecule has 0 atom stereocenters. The van der Waals surface area contributed by atoms with Crippen molar-refractivity contribution in [3.63, 3.8) is 0 Å². The Labute approximate surface area is 221 Å². The molecule has 3 aromatic rings. The third-order valence-corrected chi connectivity index (χ3v) is 7.02. The maximum atomic E-state index is 13.8. The summed E-state index contributed by atoms with van der Waals surface area (Å²) in [6, 6.07) is 22.1. The highest BCUT2D eigenvalue weighted by atomic mass is 32.2.